The zero-order chi connectivity index (χ0) is 20.3. The number of thiazole rings is 1. The van der Waals surface area contributed by atoms with Crippen molar-refractivity contribution in [2.24, 2.45) is 0 Å². The lowest BCUT2D eigenvalue weighted by Crippen LogP contribution is -2.06. The minimum Gasteiger partial charge on any atom is -0.360 e. The highest BCUT2D eigenvalue weighted by Crippen LogP contribution is 2.36. The Morgan fingerprint density at radius 3 is 2.57 bits per heavy atom. The van der Waals surface area contributed by atoms with Crippen molar-refractivity contribution in [1.82, 2.24) is 4.98 Å². The topological polar surface area (TPSA) is 48.7 Å². The van der Waals surface area contributed by atoms with Gasteiger partial charge in [-0.25, -0.2) is 4.98 Å². The highest BCUT2D eigenvalue weighted by molar-refractivity contribution is 9.10. The molecule has 0 fully saturated rings. The lowest BCUT2D eigenvalue weighted by molar-refractivity contribution is -0.137. The van der Waals surface area contributed by atoms with Crippen LogP contribution in [0.15, 0.2) is 58.5 Å². The van der Waals surface area contributed by atoms with Crippen molar-refractivity contribution in [1.29, 1.82) is 5.26 Å². The van der Waals surface area contributed by atoms with Crippen LogP contribution in [-0.2, 0) is 6.18 Å². The van der Waals surface area contributed by atoms with Gasteiger partial charge in [-0.15, -0.1) is 11.3 Å². The molecule has 0 aliphatic heterocycles. The summed E-state index contributed by atoms with van der Waals surface area (Å²) in [5.41, 5.74) is 1.02. The van der Waals surface area contributed by atoms with Gasteiger partial charge in [-0.2, -0.15) is 18.4 Å². The molecule has 3 nitrogen and oxygen atoms in total. The van der Waals surface area contributed by atoms with E-state index in [4.69, 9.17) is 11.6 Å². The van der Waals surface area contributed by atoms with Crippen LogP contribution in [0.5, 0.6) is 0 Å². The van der Waals surface area contributed by atoms with Crippen LogP contribution >= 0.6 is 38.9 Å². The number of hydrogen-bond donors (Lipinski definition) is 1. The van der Waals surface area contributed by atoms with Gasteiger partial charge in [-0.1, -0.05) is 39.7 Å². The van der Waals surface area contributed by atoms with Crippen LogP contribution < -0.4 is 5.32 Å². The van der Waals surface area contributed by atoms with Gasteiger partial charge in [0.1, 0.15) is 16.6 Å². The Morgan fingerprint density at radius 1 is 1.21 bits per heavy atom. The number of hydrogen-bond acceptors (Lipinski definition) is 4. The second-order valence-electron chi connectivity index (χ2n) is 5.55. The third-order valence-electron chi connectivity index (χ3n) is 3.65. The summed E-state index contributed by atoms with van der Waals surface area (Å²) in [5.74, 6) is 0. The molecule has 0 saturated heterocycles. The molecular formula is C19H10BrClF3N3S. The summed E-state index contributed by atoms with van der Waals surface area (Å²) in [5, 5.41) is 14.0. The van der Waals surface area contributed by atoms with Crippen LogP contribution in [0.25, 0.3) is 16.8 Å². The summed E-state index contributed by atoms with van der Waals surface area (Å²) in [6.07, 6.45) is -3.24. The smallest absolute Gasteiger partial charge is 0.360 e. The van der Waals surface area contributed by atoms with E-state index in [2.05, 4.69) is 26.2 Å². The van der Waals surface area contributed by atoms with E-state index in [1.54, 1.807) is 0 Å². The van der Waals surface area contributed by atoms with E-state index < -0.39 is 11.7 Å². The summed E-state index contributed by atoms with van der Waals surface area (Å²) in [4.78, 5) is 4.44. The quantitative estimate of drug-likeness (QED) is 0.398. The fourth-order valence-corrected chi connectivity index (χ4v) is 3.56. The standard InChI is InChI=1S/C19H10BrClF3N3S/c20-13-3-1-11(2-4-13)17-10-28-18(27-17)12(8-25)9-26-14-5-6-16(21)15(7-14)19(22,23)24/h1-7,9-10,26H. The second kappa shape index (κ2) is 8.35. The van der Waals surface area contributed by atoms with Crippen molar-refractivity contribution in [3.63, 3.8) is 0 Å². The Bertz CT molecular complexity index is 1070. The molecule has 0 aliphatic carbocycles. The average molecular weight is 485 g/mol. The molecule has 1 N–H and O–H groups in total. The highest BCUT2D eigenvalue weighted by atomic mass is 79.9. The molecule has 0 atom stereocenters. The molecule has 0 spiro atoms. The van der Waals surface area contributed by atoms with E-state index >= 15 is 0 Å². The SMILES string of the molecule is N#CC(=CNc1ccc(Cl)c(C(F)(F)F)c1)c1nc(-c2ccc(Br)cc2)cs1. The molecule has 0 aliphatic rings. The summed E-state index contributed by atoms with van der Waals surface area (Å²) >= 11 is 10.2. The van der Waals surface area contributed by atoms with Crippen molar-refractivity contribution >= 4 is 50.1 Å². The first kappa shape index (κ1) is 20.4. The number of nitrogens with one attached hydrogen (secondary N) is 1. The zero-order valence-electron chi connectivity index (χ0n) is 13.9. The van der Waals surface area contributed by atoms with Gasteiger partial charge in [0.2, 0.25) is 0 Å². The van der Waals surface area contributed by atoms with Crippen LogP contribution in [0.1, 0.15) is 10.6 Å². The van der Waals surface area contributed by atoms with Crippen LogP contribution in [0.3, 0.4) is 0 Å². The van der Waals surface area contributed by atoms with Crippen molar-refractivity contribution in [2.75, 3.05) is 5.32 Å². The van der Waals surface area contributed by atoms with E-state index in [0.29, 0.717) is 10.7 Å². The molecule has 28 heavy (non-hydrogen) atoms. The van der Waals surface area contributed by atoms with Crippen molar-refractivity contribution in [3.8, 4) is 17.3 Å². The van der Waals surface area contributed by atoms with Gasteiger partial charge < -0.3 is 5.32 Å². The molecule has 0 saturated carbocycles. The first-order valence-corrected chi connectivity index (χ1v) is 9.78. The largest absolute Gasteiger partial charge is 0.417 e. The molecule has 9 heteroatoms. The van der Waals surface area contributed by atoms with E-state index in [9.17, 15) is 18.4 Å². The molecule has 0 bridgehead atoms. The molecule has 2 aromatic carbocycles. The van der Waals surface area contributed by atoms with Crippen LogP contribution in [-0.4, -0.2) is 4.98 Å². The Kier molecular flexibility index (Phi) is 6.08. The maximum atomic E-state index is 13.0. The van der Waals surface area contributed by atoms with Crippen molar-refractivity contribution < 1.29 is 13.2 Å². The molecule has 0 unspecified atom stereocenters. The summed E-state index contributed by atoms with van der Waals surface area (Å²) in [7, 11) is 0. The summed E-state index contributed by atoms with van der Waals surface area (Å²) in [6, 6.07) is 13.0. The highest BCUT2D eigenvalue weighted by Gasteiger charge is 2.33. The van der Waals surface area contributed by atoms with Gasteiger partial charge in [-0.3, -0.25) is 0 Å². The van der Waals surface area contributed by atoms with Gasteiger partial charge in [0.25, 0.3) is 0 Å². The number of aromatic nitrogens is 1. The normalized spacial score (nSPS) is 11.9. The van der Waals surface area contributed by atoms with E-state index in [1.165, 1.54) is 23.6 Å². The lowest BCUT2D eigenvalue weighted by Gasteiger charge is -2.10. The third kappa shape index (κ3) is 4.73. The van der Waals surface area contributed by atoms with Gasteiger partial charge in [0.15, 0.2) is 0 Å². The maximum absolute atomic E-state index is 13.0. The third-order valence-corrected chi connectivity index (χ3v) is 5.38. The van der Waals surface area contributed by atoms with E-state index in [1.807, 2.05) is 35.7 Å². The van der Waals surface area contributed by atoms with Gasteiger partial charge in [-0.05, 0) is 30.3 Å². The van der Waals surface area contributed by atoms with Crippen molar-refractivity contribution in [3.05, 3.63) is 74.1 Å². The number of allylic oxidation sites excluding steroid dienone is 1. The van der Waals surface area contributed by atoms with E-state index in [-0.39, 0.29) is 16.3 Å². The Labute approximate surface area is 176 Å². The van der Waals surface area contributed by atoms with Crippen LogP contribution in [0.2, 0.25) is 5.02 Å². The summed E-state index contributed by atoms with van der Waals surface area (Å²) in [6.45, 7) is 0. The fourth-order valence-electron chi connectivity index (χ4n) is 2.28. The first-order valence-electron chi connectivity index (χ1n) is 7.73. The Balaban J connectivity index is 1.84. The van der Waals surface area contributed by atoms with Gasteiger partial charge >= 0.3 is 6.18 Å². The monoisotopic (exact) mass is 483 g/mol. The number of halogens is 5. The molecule has 3 rings (SSSR count). The zero-order valence-corrected chi connectivity index (χ0v) is 17.0. The number of nitriles is 1. The molecular weight excluding hydrogens is 475 g/mol. The number of anilines is 1. The van der Waals surface area contributed by atoms with Crippen LogP contribution in [0.4, 0.5) is 18.9 Å². The number of alkyl halides is 3. The molecule has 0 amide bonds. The van der Waals surface area contributed by atoms with Crippen molar-refractivity contribution in [2.45, 2.75) is 6.18 Å². The predicted molar refractivity (Wildman–Crippen MR) is 109 cm³/mol. The van der Waals surface area contributed by atoms with Gasteiger partial charge in [0.05, 0.1) is 16.3 Å². The predicted octanol–water partition coefficient (Wildman–Crippen LogP) is 7.22. The maximum Gasteiger partial charge on any atom is 0.417 e. The molecule has 1 heterocycles. The molecule has 3 aromatic rings. The lowest BCUT2D eigenvalue weighted by atomic mass is 10.2. The molecule has 142 valence electrons. The summed E-state index contributed by atoms with van der Waals surface area (Å²) < 4.78 is 39.8. The Morgan fingerprint density at radius 2 is 1.93 bits per heavy atom. The second-order valence-corrected chi connectivity index (χ2v) is 7.73. The minimum atomic E-state index is -4.56. The fraction of sp³-hybridized carbons (Fsp3) is 0.0526. The molecule has 1 aromatic heterocycles. The number of benzene rings is 2. The molecule has 0 radical (unpaired) electrons. The first-order chi connectivity index (χ1) is 13.3. The number of rotatable bonds is 4. The van der Waals surface area contributed by atoms with Gasteiger partial charge in [0, 0.05) is 27.3 Å². The number of nitrogens with zero attached hydrogens (tertiary/aromatic N) is 2. The minimum absolute atomic E-state index is 0.161. The van der Waals surface area contributed by atoms with Crippen LogP contribution in [0, 0.1) is 11.3 Å². The Hall–Kier alpha value is -2.34. The average Bonchev–Trinajstić information content (AvgIpc) is 3.13. The van der Waals surface area contributed by atoms with E-state index in [0.717, 1.165) is 22.2 Å².